The molecule has 0 aliphatic heterocycles. The van der Waals surface area contributed by atoms with Crippen LogP contribution in [-0.2, 0) is 6.54 Å². The molecule has 0 aliphatic rings. The highest BCUT2D eigenvalue weighted by molar-refractivity contribution is 5.88. The number of hydrogen-bond donors (Lipinski definition) is 1. The first-order valence-corrected chi connectivity index (χ1v) is 5.32. The van der Waals surface area contributed by atoms with Gasteiger partial charge in [-0.25, -0.2) is 0 Å². The second-order valence-electron chi connectivity index (χ2n) is 4.05. The zero-order valence-corrected chi connectivity index (χ0v) is 9.54. The average Bonchev–Trinajstić information content (AvgIpc) is 2.45. The summed E-state index contributed by atoms with van der Waals surface area (Å²) in [7, 11) is 0. The summed E-state index contributed by atoms with van der Waals surface area (Å²) in [5.74, 6) is 0. The number of nitrogens with zero attached hydrogens (tertiary/aromatic N) is 1. The molecule has 1 aromatic carbocycles. The van der Waals surface area contributed by atoms with E-state index in [1.807, 2.05) is 0 Å². The largest absolute Gasteiger partial charge is 0.395 e. The molecule has 0 amide bonds. The van der Waals surface area contributed by atoms with Gasteiger partial charge in [0.1, 0.15) is 0 Å². The molecule has 1 heterocycles. The minimum atomic E-state index is 0.192. The summed E-state index contributed by atoms with van der Waals surface area (Å²) in [6, 6.07) is 6.33. The Labute approximate surface area is 90.2 Å². The predicted octanol–water partition coefficient (Wildman–Crippen LogP) is 2.56. The zero-order chi connectivity index (χ0) is 11.0. The Bertz CT molecular complexity index is 497. The summed E-state index contributed by atoms with van der Waals surface area (Å²) < 4.78 is 2.19. The molecule has 0 saturated heterocycles. The molecule has 1 aromatic heterocycles. The Morgan fingerprint density at radius 1 is 1.20 bits per heavy atom. The van der Waals surface area contributed by atoms with Gasteiger partial charge in [-0.3, -0.25) is 0 Å². The fraction of sp³-hybridized carbons (Fsp3) is 0.385. The van der Waals surface area contributed by atoms with E-state index in [9.17, 15) is 0 Å². The maximum absolute atomic E-state index is 9.06. The van der Waals surface area contributed by atoms with E-state index in [-0.39, 0.29) is 6.61 Å². The van der Waals surface area contributed by atoms with Crippen molar-refractivity contribution in [1.82, 2.24) is 4.57 Å². The summed E-state index contributed by atoms with van der Waals surface area (Å²) in [4.78, 5) is 0. The van der Waals surface area contributed by atoms with Crippen LogP contribution in [0.2, 0.25) is 0 Å². The van der Waals surface area contributed by atoms with Crippen molar-refractivity contribution in [2.45, 2.75) is 27.3 Å². The number of hydrogen-bond acceptors (Lipinski definition) is 1. The molecule has 1 N–H and O–H groups in total. The first kappa shape index (κ1) is 10.2. The molecular formula is C13H17NO. The monoisotopic (exact) mass is 203 g/mol. The summed E-state index contributed by atoms with van der Waals surface area (Å²) in [6.45, 7) is 7.28. The van der Waals surface area contributed by atoms with Crippen LogP contribution in [0.25, 0.3) is 10.9 Å². The molecule has 2 nitrogen and oxygen atoms in total. The van der Waals surface area contributed by atoms with Gasteiger partial charge in [0, 0.05) is 23.1 Å². The Morgan fingerprint density at radius 3 is 2.60 bits per heavy atom. The Kier molecular flexibility index (Phi) is 2.53. The number of aromatic nitrogens is 1. The lowest BCUT2D eigenvalue weighted by Crippen LogP contribution is -2.03. The molecule has 0 fully saturated rings. The normalized spacial score (nSPS) is 11.2. The maximum atomic E-state index is 9.06. The van der Waals surface area contributed by atoms with E-state index < -0.39 is 0 Å². The minimum absolute atomic E-state index is 0.192. The summed E-state index contributed by atoms with van der Waals surface area (Å²) in [6.07, 6.45) is 0. The van der Waals surface area contributed by atoms with E-state index in [4.69, 9.17) is 5.11 Å². The maximum Gasteiger partial charge on any atom is 0.0610 e. The van der Waals surface area contributed by atoms with Crippen LogP contribution in [0.1, 0.15) is 16.8 Å². The van der Waals surface area contributed by atoms with Gasteiger partial charge in [0.05, 0.1) is 6.61 Å². The number of aliphatic hydroxyl groups excluding tert-OH is 1. The topological polar surface area (TPSA) is 25.2 Å². The smallest absolute Gasteiger partial charge is 0.0610 e. The summed E-state index contributed by atoms with van der Waals surface area (Å²) in [5, 5.41) is 10.4. The Hall–Kier alpha value is -1.28. The van der Waals surface area contributed by atoms with Gasteiger partial charge in [-0.1, -0.05) is 12.1 Å². The molecule has 0 unspecified atom stereocenters. The number of aliphatic hydroxyl groups is 1. The summed E-state index contributed by atoms with van der Waals surface area (Å²) >= 11 is 0. The van der Waals surface area contributed by atoms with E-state index in [1.54, 1.807) is 0 Å². The second kappa shape index (κ2) is 3.70. The highest BCUT2D eigenvalue weighted by atomic mass is 16.3. The number of fused-ring (bicyclic) bond motifs is 1. The lowest BCUT2D eigenvalue weighted by atomic mass is 10.1. The third-order valence-corrected chi connectivity index (χ3v) is 3.19. The van der Waals surface area contributed by atoms with Crippen LogP contribution in [0.15, 0.2) is 18.2 Å². The zero-order valence-electron chi connectivity index (χ0n) is 9.54. The molecule has 2 heteroatoms. The van der Waals surface area contributed by atoms with Crippen LogP contribution in [0, 0.1) is 20.8 Å². The van der Waals surface area contributed by atoms with Gasteiger partial charge in [-0.15, -0.1) is 0 Å². The SMILES string of the molecule is Cc1cccc2c1c(C)c(C)n2CCO. The average molecular weight is 203 g/mol. The van der Waals surface area contributed by atoms with E-state index in [1.165, 1.54) is 27.7 Å². The lowest BCUT2D eigenvalue weighted by Gasteiger charge is -2.05. The van der Waals surface area contributed by atoms with Crippen molar-refractivity contribution in [1.29, 1.82) is 0 Å². The fourth-order valence-electron chi connectivity index (χ4n) is 2.32. The quantitative estimate of drug-likeness (QED) is 0.797. The van der Waals surface area contributed by atoms with Crippen molar-refractivity contribution >= 4 is 10.9 Å². The number of rotatable bonds is 2. The molecule has 15 heavy (non-hydrogen) atoms. The molecule has 0 bridgehead atoms. The molecule has 0 atom stereocenters. The standard InChI is InChI=1S/C13H17NO/c1-9-5-4-6-12-13(9)10(2)11(3)14(12)7-8-15/h4-6,15H,7-8H2,1-3H3. The lowest BCUT2D eigenvalue weighted by molar-refractivity contribution is 0.277. The van der Waals surface area contributed by atoms with Crippen molar-refractivity contribution < 1.29 is 5.11 Å². The van der Waals surface area contributed by atoms with E-state index in [0.717, 1.165) is 0 Å². The fourth-order valence-corrected chi connectivity index (χ4v) is 2.32. The van der Waals surface area contributed by atoms with Crippen LogP contribution < -0.4 is 0 Å². The van der Waals surface area contributed by atoms with Gasteiger partial charge >= 0.3 is 0 Å². The predicted molar refractivity (Wildman–Crippen MR) is 63.2 cm³/mol. The summed E-state index contributed by atoms with van der Waals surface area (Å²) in [5.41, 5.74) is 5.13. The van der Waals surface area contributed by atoms with Crippen molar-refractivity contribution in [2.75, 3.05) is 6.61 Å². The highest BCUT2D eigenvalue weighted by Gasteiger charge is 2.11. The first-order valence-electron chi connectivity index (χ1n) is 5.32. The van der Waals surface area contributed by atoms with Gasteiger partial charge in [0.25, 0.3) is 0 Å². The van der Waals surface area contributed by atoms with Crippen molar-refractivity contribution in [3.63, 3.8) is 0 Å². The molecular weight excluding hydrogens is 186 g/mol. The van der Waals surface area contributed by atoms with Gasteiger partial charge in [-0.05, 0) is 38.0 Å². The number of benzene rings is 1. The highest BCUT2D eigenvalue weighted by Crippen LogP contribution is 2.27. The number of aryl methyl sites for hydroxylation is 2. The van der Waals surface area contributed by atoms with Gasteiger partial charge in [0.15, 0.2) is 0 Å². The van der Waals surface area contributed by atoms with Crippen molar-refractivity contribution in [3.05, 3.63) is 35.0 Å². The van der Waals surface area contributed by atoms with Crippen LogP contribution in [0.3, 0.4) is 0 Å². The molecule has 2 rings (SSSR count). The van der Waals surface area contributed by atoms with E-state index in [0.29, 0.717) is 6.54 Å². The third kappa shape index (κ3) is 1.45. The van der Waals surface area contributed by atoms with E-state index >= 15 is 0 Å². The Morgan fingerprint density at radius 2 is 1.93 bits per heavy atom. The van der Waals surface area contributed by atoms with Crippen LogP contribution in [0.5, 0.6) is 0 Å². The van der Waals surface area contributed by atoms with Gasteiger partial charge in [0.2, 0.25) is 0 Å². The van der Waals surface area contributed by atoms with Crippen LogP contribution in [0.4, 0.5) is 0 Å². The molecule has 0 spiro atoms. The third-order valence-electron chi connectivity index (χ3n) is 3.19. The molecule has 0 saturated carbocycles. The van der Waals surface area contributed by atoms with Crippen LogP contribution in [-0.4, -0.2) is 16.3 Å². The van der Waals surface area contributed by atoms with Crippen molar-refractivity contribution in [2.24, 2.45) is 0 Å². The second-order valence-corrected chi connectivity index (χ2v) is 4.05. The molecule has 80 valence electrons. The molecule has 0 radical (unpaired) electrons. The van der Waals surface area contributed by atoms with Crippen LogP contribution >= 0.6 is 0 Å². The Balaban J connectivity index is 2.81. The first-order chi connectivity index (χ1) is 7.16. The van der Waals surface area contributed by atoms with E-state index in [2.05, 4.69) is 43.5 Å². The van der Waals surface area contributed by atoms with Gasteiger partial charge in [-0.2, -0.15) is 0 Å². The minimum Gasteiger partial charge on any atom is -0.395 e. The van der Waals surface area contributed by atoms with Crippen molar-refractivity contribution in [3.8, 4) is 0 Å². The molecule has 0 aliphatic carbocycles. The molecule has 2 aromatic rings. The van der Waals surface area contributed by atoms with Gasteiger partial charge < -0.3 is 9.67 Å².